The van der Waals surface area contributed by atoms with Crippen LogP contribution in [0.1, 0.15) is 29.2 Å². The molecule has 3 rings (SSSR count). The number of hydrogen-bond acceptors (Lipinski definition) is 5. The van der Waals surface area contributed by atoms with Gasteiger partial charge in [-0.1, -0.05) is 5.16 Å². The Bertz CT molecular complexity index is 555. The van der Waals surface area contributed by atoms with Crippen LogP contribution in [0.3, 0.4) is 0 Å². The third kappa shape index (κ3) is 1.91. The maximum absolute atomic E-state index is 10.9. The van der Waals surface area contributed by atoms with Crippen LogP contribution in [0.15, 0.2) is 10.9 Å². The van der Waals surface area contributed by atoms with Crippen molar-refractivity contribution in [1.29, 1.82) is 0 Å². The molecule has 0 aromatic carbocycles. The lowest BCUT2D eigenvalue weighted by molar-refractivity contribution is 0.0691. The van der Waals surface area contributed by atoms with Crippen molar-refractivity contribution >= 4 is 5.97 Å². The van der Waals surface area contributed by atoms with Gasteiger partial charge in [-0.05, 0) is 18.8 Å². The predicted octanol–water partition coefficient (Wildman–Crippen LogP) is 1.11. The molecule has 0 aliphatic heterocycles. The monoisotopic (exact) mass is 234 g/mol. The fraction of sp³-hybridized carbons (Fsp3) is 0.400. The second kappa shape index (κ2) is 3.69. The summed E-state index contributed by atoms with van der Waals surface area (Å²) in [5.74, 6) is 0.327. The minimum Gasteiger partial charge on any atom is -0.476 e. The Morgan fingerprint density at radius 1 is 1.59 bits per heavy atom. The van der Waals surface area contributed by atoms with E-state index >= 15 is 0 Å². The molecular formula is C10H10N4O3. The van der Waals surface area contributed by atoms with Gasteiger partial charge in [0.25, 0.3) is 5.89 Å². The molecule has 1 saturated carbocycles. The van der Waals surface area contributed by atoms with Gasteiger partial charge in [0.05, 0.1) is 6.33 Å². The fourth-order valence-electron chi connectivity index (χ4n) is 1.64. The molecule has 1 aliphatic carbocycles. The minimum atomic E-state index is -1.12. The van der Waals surface area contributed by atoms with Gasteiger partial charge in [-0.2, -0.15) is 4.98 Å². The lowest BCUT2D eigenvalue weighted by Crippen LogP contribution is -1.99. The van der Waals surface area contributed by atoms with Gasteiger partial charge >= 0.3 is 5.97 Å². The molecule has 0 atom stereocenters. The van der Waals surface area contributed by atoms with Crippen LogP contribution < -0.4 is 0 Å². The van der Waals surface area contributed by atoms with Crippen LogP contribution in [0.25, 0.3) is 11.6 Å². The summed E-state index contributed by atoms with van der Waals surface area (Å²) < 4.78 is 5.03. The first-order valence-corrected chi connectivity index (χ1v) is 5.33. The zero-order valence-corrected chi connectivity index (χ0v) is 8.88. The number of aromatic nitrogens is 4. The normalized spacial score (nSPS) is 15.1. The molecule has 2 heterocycles. The zero-order valence-electron chi connectivity index (χ0n) is 8.88. The van der Waals surface area contributed by atoms with E-state index < -0.39 is 5.97 Å². The Hall–Kier alpha value is -2.18. The van der Waals surface area contributed by atoms with E-state index in [0.29, 0.717) is 11.7 Å². The highest BCUT2D eigenvalue weighted by Crippen LogP contribution is 2.32. The van der Waals surface area contributed by atoms with Crippen LogP contribution in [0.4, 0.5) is 0 Å². The first kappa shape index (κ1) is 10.0. The molecule has 2 N–H and O–H groups in total. The van der Waals surface area contributed by atoms with Crippen molar-refractivity contribution in [3.63, 3.8) is 0 Å². The van der Waals surface area contributed by atoms with E-state index in [-0.39, 0.29) is 17.3 Å². The van der Waals surface area contributed by atoms with Crippen LogP contribution >= 0.6 is 0 Å². The van der Waals surface area contributed by atoms with Crippen molar-refractivity contribution in [2.75, 3.05) is 0 Å². The Labute approximate surface area is 95.9 Å². The van der Waals surface area contributed by atoms with Crippen LogP contribution in [-0.2, 0) is 6.42 Å². The third-order valence-electron chi connectivity index (χ3n) is 2.69. The SMILES string of the molecule is O=C(O)c1nc[nH]c1-c1nc(CC2CC2)no1. The average molecular weight is 234 g/mol. The summed E-state index contributed by atoms with van der Waals surface area (Å²) >= 11 is 0. The summed E-state index contributed by atoms with van der Waals surface area (Å²) in [5.41, 5.74) is 0.152. The molecule has 0 bridgehead atoms. The summed E-state index contributed by atoms with van der Waals surface area (Å²) in [6.45, 7) is 0. The number of aromatic amines is 1. The minimum absolute atomic E-state index is 0.105. The van der Waals surface area contributed by atoms with E-state index in [4.69, 9.17) is 9.63 Å². The number of rotatable bonds is 4. The van der Waals surface area contributed by atoms with Crippen molar-refractivity contribution in [1.82, 2.24) is 20.1 Å². The molecule has 88 valence electrons. The zero-order chi connectivity index (χ0) is 11.8. The van der Waals surface area contributed by atoms with Crippen molar-refractivity contribution < 1.29 is 14.4 Å². The van der Waals surface area contributed by atoms with Gasteiger partial charge in [-0.15, -0.1) is 0 Å². The molecule has 2 aromatic heterocycles. The summed E-state index contributed by atoms with van der Waals surface area (Å²) in [5, 5.41) is 12.7. The van der Waals surface area contributed by atoms with Crippen molar-refractivity contribution in [3.8, 4) is 11.6 Å². The van der Waals surface area contributed by atoms with Crippen molar-refractivity contribution in [3.05, 3.63) is 17.8 Å². The molecule has 1 fully saturated rings. The highest BCUT2D eigenvalue weighted by atomic mass is 16.5. The number of aromatic carboxylic acids is 1. The van der Waals surface area contributed by atoms with Crippen molar-refractivity contribution in [2.24, 2.45) is 5.92 Å². The number of carboxylic acid groups (broad SMARTS) is 1. The lowest BCUT2D eigenvalue weighted by atomic mass is 10.3. The van der Waals surface area contributed by atoms with E-state index in [9.17, 15) is 4.79 Å². The summed E-state index contributed by atoms with van der Waals surface area (Å²) in [6, 6.07) is 0. The smallest absolute Gasteiger partial charge is 0.356 e. The Kier molecular flexibility index (Phi) is 2.17. The van der Waals surface area contributed by atoms with Gasteiger partial charge in [0.2, 0.25) is 0 Å². The maximum Gasteiger partial charge on any atom is 0.356 e. The van der Waals surface area contributed by atoms with E-state index in [1.807, 2.05) is 0 Å². The second-order valence-electron chi connectivity index (χ2n) is 4.09. The molecule has 0 spiro atoms. The van der Waals surface area contributed by atoms with Gasteiger partial charge in [0.15, 0.2) is 11.5 Å². The molecule has 17 heavy (non-hydrogen) atoms. The molecular weight excluding hydrogens is 224 g/mol. The van der Waals surface area contributed by atoms with Crippen LogP contribution in [-0.4, -0.2) is 31.2 Å². The number of carbonyl (C=O) groups is 1. The Morgan fingerprint density at radius 2 is 2.41 bits per heavy atom. The number of H-pyrrole nitrogens is 1. The molecule has 0 radical (unpaired) electrons. The fourth-order valence-corrected chi connectivity index (χ4v) is 1.64. The molecule has 0 unspecified atom stereocenters. The molecule has 7 nitrogen and oxygen atoms in total. The Balaban J connectivity index is 1.89. The molecule has 0 saturated heterocycles. The Morgan fingerprint density at radius 3 is 3.12 bits per heavy atom. The van der Waals surface area contributed by atoms with Crippen LogP contribution in [0.2, 0.25) is 0 Å². The maximum atomic E-state index is 10.9. The predicted molar refractivity (Wildman–Crippen MR) is 55.3 cm³/mol. The first-order valence-electron chi connectivity index (χ1n) is 5.33. The number of hydrogen-bond donors (Lipinski definition) is 2. The topological polar surface area (TPSA) is 105 Å². The van der Waals surface area contributed by atoms with E-state index in [0.717, 1.165) is 6.42 Å². The molecule has 7 heteroatoms. The summed E-state index contributed by atoms with van der Waals surface area (Å²) in [4.78, 5) is 21.4. The van der Waals surface area contributed by atoms with Crippen LogP contribution in [0.5, 0.6) is 0 Å². The van der Waals surface area contributed by atoms with E-state index in [1.54, 1.807) is 0 Å². The largest absolute Gasteiger partial charge is 0.476 e. The average Bonchev–Trinajstić information content (AvgIpc) is 2.82. The number of carboxylic acids is 1. The van der Waals surface area contributed by atoms with Gasteiger partial charge < -0.3 is 14.6 Å². The van der Waals surface area contributed by atoms with Crippen LogP contribution in [0, 0.1) is 5.92 Å². The molecule has 0 amide bonds. The number of nitrogens with one attached hydrogen (secondary N) is 1. The summed E-state index contributed by atoms with van der Waals surface area (Å²) in [6.07, 6.45) is 4.49. The number of nitrogens with zero attached hydrogens (tertiary/aromatic N) is 3. The van der Waals surface area contributed by atoms with Gasteiger partial charge in [-0.3, -0.25) is 0 Å². The van der Waals surface area contributed by atoms with Crippen molar-refractivity contribution in [2.45, 2.75) is 19.3 Å². The number of imidazole rings is 1. The third-order valence-corrected chi connectivity index (χ3v) is 2.69. The van der Waals surface area contributed by atoms with Gasteiger partial charge in [0.1, 0.15) is 5.69 Å². The second-order valence-corrected chi connectivity index (χ2v) is 4.09. The molecule has 2 aromatic rings. The van der Waals surface area contributed by atoms with E-state index in [2.05, 4.69) is 20.1 Å². The van der Waals surface area contributed by atoms with Gasteiger partial charge in [0, 0.05) is 6.42 Å². The van der Waals surface area contributed by atoms with Gasteiger partial charge in [-0.25, -0.2) is 9.78 Å². The molecule has 1 aliphatic rings. The quantitative estimate of drug-likeness (QED) is 0.820. The highest BCUT2D eigenvalue weighted by Gasteiger charge is 2.25. The summed E-state index contributed by atoms with van der Waals surface area (Å²) in [7, 11) is 0. The van der Waals surface area contributed by atoms with E-state index in [1.165, 1.54) is 19.2 Å². The highest BCUT2D eigenvalue weighted by molar-refractivity contribution is 5.91. The first-order chi connectivity index (χ1) is 8.24. The standard InChI is InChI=1S/C10H10N4O3/c15-10(16)8-7(11-4-12-8)9-13-6(14-17-9)3-5-1-2-5/h4-5H,1-3H2,(H,11,12)(H,15,16). The lowest BCUT2D eigenvalue weighted by Gasteiger charge is -1.90.